The molecule has 0 bridgehead atoms. The second-order valence-corrected chi connectivity index (χ2v) is 8.41. The van der Waals surface area contributed by atoms with E-state index in [-0.39, 0.29) is 5.57 Å². The van der Waals surface area contributed by atoms with Crippen LogP contribution in [0.25, 0.3) is 5.57 Å². The number of nitrogens with zero attached hydrogens (tertiary/aromatic N) is 1. The van der Waals surface area contributed by atoms with E-state index in [1.165, 1.54) is 43.9 Å². The third-order valence-electron chi connectivity index (χ3n) is 4.63. The number of aliphatic carboxylic acids is 2. The number of carbonyl (C=O) groups is 2. The maximum absolute atomic E-state index is 10.9. The molecule has 0 aromatic heterocycles. The van der Waals surface area contributed by atoms with Crippen molar-refractivity contribution in [2.45, 2.75) is 77.0 Å². The zero-order chi connectivity index (χ0) is 22.9. The van der Waals surface area contributed by atoms with Gasteiger partial charge in [-0.1, -0.05) is 70.6 Å². The van der Waals surface area contributed by atoms with Gasteiger partial charge in [-0.2, -0.15) is 5.26 Å². The maximum atomic E-state index is 10.9. The molecule has 30 heavy (non-hydrogen) atoms. The van der Waals surface area contributed by atoms with Gasteiger partial charge in [0.05, 0.1) is 0 Å². The Hall–Kier alpha value is -2.26. The lowest BCUT2D eigenvalue weighted by molar-refractivity contribution is -0.137. The van der Waals surface area contributed by atoms with Gasteiger partial charge in [0.2, 0.25) is 0 Å². The van der Waals surface area contributed by atoms with Crippen LogP contribution in [-0.4, -0.2) is 28.4 Å². The highest BCUT2D eigenvalue weighted by Crippen LogP contribution is 2.28. The monoisotopic (exact) mass is 433 g/mol. The van der Waals surface area contributed by atoms with Gasteiger partial charge in [0.25, 0.3) is 0 Å². The first-order valence-electron chi connectivity index (χ1n) is 10.4. The minimum absolute atomic E-state index is 0.207. The predicted molar refractivity (Wildman–Crippen MR) is 123 cm³/mol. The van der Waals surface area contributed by atoms with Gasteiger partial charge in [0.1, 0.15) is 11.6 Å². The van der Waals surface area contributed by atoms with E-state index in [1.807, 2.05) is 30.5 Å². The molecule has 0 radical (unpaired) electrons. The van der Waals surface area contributed by atoms with Crippen molar-refractivity contribution in [2.24, 2.45) is 5.92 Å². The molecular weight excluding hydrogens is 398 g/mol. The van der Waals surface area contributed by atoms with Crippen molar-refractivity contribution in [1.29, 1.82) is 5.26 Å². The number of hydrogen-bond acceptors (Lipinski definition) is 4. The molecule has 1 rings (SSSR count). The highest BCUT2D eigenvalue weighted by Gasteiger charge is 2.13. The lowest BCUT2D eigenvalue weighted by atomic mass is 10.0. The van der Waals surface area contributed by atoms with Gasteiger partial charge in [-0.25, -0.2) is 4.79 Å². The highest BCUT2D eigenvalue weighted by molar-refractivity contribution is 7.98. The Morgan fingerprint density at radius 3 is 2.10 bits per heavy atom. The van der Waals surface area contributed by atoms with Crippen molar-refractivity contribution >= 4 is 29.3 Å². The zero-order valence-electron chi connectivity index (χ0n) is 18.6. The average molecular weight is 434 g/mol. The Morgan fingerprint density at radius 2 is 1.60 bits per heavy atom. The SMILES string of the molecule is CC(C)CCCCCCCCC(=O)O.CSc1ccccc1C(C)=C(C#N)C(=O)O. The Morgan fingerprint density at radius 1 is 1.03 bits per heavy atom. The normalized spacial score (nSPS) is 11.2. The second kappa shape index (κ2) is 16.5. The molecular formula is C24H35NO4S. The van der Waals surface area contributed by atoms with Crippen LogP contribution < -0.4 is 0 Å². The van der Waals surface area contributed by atoms with Gasteiger partial charge in [-0.05, 0) is 42.7 Å². The van der Waals surface area contributed by atoms with Crippen molar-refractivity contribution in [3.8, 4) is 6.07 Å². The lowest BCUT2D eigenvalue weighted by Gasteiger charge is -2.07. The first-order chi connectivity index (χ1) is 14.2. The van der Waals surface area contributed by atoms with E-state index in [4.69, 9.17) is 15.5 Å². The van der Waals surface area contributed by atoms with Gasteiger partial charge in [0.15, 0.2) is 0 Å². The first-order valence-corrected chi connectivity index (χ1v) is 11.7. The summed E-state index contributed by atoms with van der Waals surface area (Å²) in [6.07, 6.45) is 10.6. The van der Waals surface area contributed by atoms with Crippen LogP contribution in [-0.2, 0) is 9.59 Å². The fourth-order valence-corrected chi connectivity index (χ4v) is 3.57. The number of allylic oxidation sites excluding steroid dienone is 1. The Bertz CT molecular complexity index is 735. The summed E-state index contributed by atoms with van der Waals surface area (Å²) in [6.45, 7) is 6.17. The molecule has 1 aromatic carbocycles. The second-order valence-electron chi connectivity index (χ2n) is 7.56. The Kier molecular flexibility index (Phi) is 15.3. The number of carboxylic acid groups (broad SMARTS) is 2. The van der Waals surface area contributed by atoms with Gasteiger partial charge >= 0.3 is 11.9 Å². The number of carboxylic acids is 2. The third-order valence-corrected chi connectivity index (χ3v) is 5.43. The number of rotatable bonds is 12. The molecule has 0 saturated carbocycles. The van der Waals surface area contributed by atoms with Crippen molar-refractivity contribution in [3.05, 3.63) is 35.4 Å². The van der Waals surface area contributed by atoms with Crippen molar-refractivity contribution < 1.29 is 19.8 Å². The minimum atomic E-state index is -1.18. The summed E-state index contributed by atoms with van der Waals surface area (Å²) in [4.78, 5) is 22.0. The van der Waals surface area contributed by atoms with Crippen LogP contribution in [0.5, 0.6) is 0 Å². The van der Waals surface area contributed by atoms with Crippen LogP contribution in [0, 0.1) is 17.2 Å². The van der Waals surface area contributed by atoms with E-state index in [2.05, 4.69) is 13.8 Å². The van der Waals surface area contributed by atoms with Crippen LogP contribution in [0.1, 0.15) is 77.7 Å². The van der Waals surface area contributed by atoms with Crippen LogP contribution in [0.4, 0.5) is 0 Å². The molecule has 0 amide bonds. The fraction of sp³-hybridized carbons (Fsp3) is 0.542. The maximum Gasteiger partial charge on any atom is 0.346 e. The summed E-state index contributed by atoms with van der Waals surface area (Å²) >= 11 is 1.53. The Labute approximate surface area is 185 Å². The molecule has 0 saturated heterocycles. The predicted octanol–water partition coefficient (Wildman–Crippen LogP) is 6.64. The van der Waals surface area contributed by atoms with E-state index in [9.17, 15) is 9.59 Å². The summed E-state index contributed by atoms with van der Waals surface area (Å²) in [5.74, 6) is -1.03. The smallest absolute Gasteiger partial charge is 0.346 e. The standard InChI is InChI=1S/C12H11NO2S.C12H24O2/c1-8(10(7-13)12(14)15)9-5-3-4-6-11(9)16-2;1-11(2)9-7-5-3-4-6-8-10-12(13)14/h3-6H,1-2H3,(H,14,15);11H,3-10H2,1-2H3,(H,13,14). The average Bonchev–Trinajstić information content (AvgIpc) is 2.70. The number of benzene rings is 1. The van der Waals surface area contributed by atoms with Crippen LogP contribution >= 0.6 is 11.8 Å². The minimum Gasteiger partial charge on any atom is -0.481 e. The molecule has 0 atom stereocenters. The molecule has 6 heteroatoms. The van der Waals surface area contributed by atoms with Gasteiger partial charge in [-0.15, -0.1) is 11.8 Å². The number of thioether (sulfide) groups is 1. The van der Waals surface area contributed by atoms with E-state index in [1.54, 1.807) is 13.0 Å². The van der Waals surface area contributed by atoms with Crippen LogP contribution in [0.3, 0.4) is 0 Å². The molecule has 0 spiro atoms. The van der Waals surface area contributed by atoms with Crippen molar-refractivity contribution in [1.82, 2.24) is 0 Å². The van der Waals surface area contributed by atoms with Gasteiger partial charge in [0, 0.05) is 11.3 Å². The topological polar surface area (TPSA) is 98.4 Å². The van der Waals surface area contributed by atoms with Gasteiger partial charge in [-0.3, -0.25) is 4.79 Å². The molecule has 0 aliphatic heterocycles. The summed E-state index contributed by atoms with van der Waals surface area (Å²) in [5, 5.41) is 26.1. The van der Waals surface area contributed by atoms with Crippen LogP contribution in [0.2, 0.25) is 0 Å². The quantitative estimate of drug-likeness (QED) is 0.166. The van der Waals surface area contributed by atoms with Crippen LogP contribution in [0.15, 0.2) is 34.7 Å². The number of nitriles is 1. The van der Waals surface area contributed by atoms with E-state index < -0.39 is 11.9 Å². The largest absolute Gasteiger partial charge is 0.481 e. The molecule has 0 fully saturated rings. The molecule has 0 unspecified atom stereocenters. The van der Waals surface area contributed by atoms with E-state index in [0.29, 0.717) is 12.0 Å². The molecule has 166 valence electrons. The molecule has 0 aliphatic rings. The third kappa shape index (κ3) is 12.3. The highest BCUT2D eigenvalue weighted by atomic mass is 32.2. The Balaban J connectivity index is 0.000000567. The fourth-order valence-electron chi connectivity index (χ4n) is 2.92. The van der Waals surface area contributed by atoms with Crippen molar-refractivity contribution in [2.75, 3.05) is 6.26 Å². The summed E-state index contributed by atoms with van der Waals surface area (Å²) in [7, 11) is 0. The van der Waals surface area contributed by atoms with E-state index in [0.717, 1.165) is 29.2 Å². The number of unbranched alkanes of at least 4 members (excludes halogenated alkanes) is 5. The van der Waals surface area contributed by atoms with E-state index >= 15 is 0 Å². The summed E-state index contributed by atoms with van der Waals surface area (Å²) in [6, 6.07) is 9.16. The zero-order valence-corrected chi connectivity index (χ0v) is 19.4. The van der Waals surface area contributed by atoms with Gasteiger partial charge < -0.3 is 10.2 Å². The summed E-state index contributed by atoms with van der Waals surface area (Å²) < 4.78 is 0. The van der Waals surface area contributed by atoms with Crippen molar-refractivity contribution in [3.63, 3.8) is 0 Å². The number of hydrogen-bond donors (Lipinski definition) is 2. The molecule has 0 heterocycles. The summed E-state index contributed by atoms with van der Waals surface area (Å²) in [5.41, 5.74) is 1.09. The lowest BCUT2D eigenvalue weighted by Crippen LogP contribution is -2.01. The molecule has 5 nitrogen and oxygen atoms in total. The molecule has 2 N–H and O–H groups in total. The molecule has 0 aliphatic carbocycles. The first kappa shape index (κ1) is 27.7. The molecule has 1 aromatic rings.